The summed E-state index contributed by atoms with van der Waals surface area (Å²) in [4.78, 5) is 3.79. The molecule has 1 N–H and O–H groups in total. The van der Waals surface area contributed by atoms with E-state index in [0.29, 0.717) is 5.25 Å². The second-order valence-electron chi connectivity index (χ2n) is 5.22. The maximum Gasteiger partial charge on any atom is 0.0872 e. The van der Waals surface area contributed by atoms with Gasteiger partial charge in [-0.15, -0.1) is 11.8 Å². The van der Waals surface area contributed by atoms with Crippen LogP contribution in [0.15, 0.2) is 29.2 Å². The van der Waals surface area contributed by atoms with Gasteiger partial charge in [0.05, 0.1) is 5.60 Å². The Morgan fingerprint density at radius 3 is 2.88 bits per heavy atom. The van der Waals surface area contributed by atoms with Crippen LogP contribution in [0.25, 0.3) is 0 Å². The van der Waals surface area contributed by atoms with Crippen molar-refractivity contribution in [1.82, 2.24) is 4.90 Å². The molecule has 1 aromatic carbocycles. The van der Waals surface area contributed by atoms with Gasteiger partial charge < -0.3 is 5.11 Å². The zero-order valence-electron chi connectivity index (χ0n) is 9.52. The maximum absolute atomic E-state index is 9.68. The van der Waals surface area contributed by atoms with Gasteiger partial charge in [-0.1, -0.05) is 18.2 Å². The molecule has 3 heteroatoms. The van der Waals surface area contributed by atoms with Crippen molar-refractivity contribution in [3.05, 3.63) is 29.8 Å². The highest BCUT2D eigenvalue weighted by Gasteiger charge is 2.38. The molecule has 86 valence electrons. The molecule has 1 aromatic rings. The van der Waals surface area contributed by atoms with E-state index in [1.165, 1.54) is 16.9 Å². The molecule has 0 radical (unpaired) electrons. The van der Waals surface area contributed by atoms with Gasteiger partial charge in [-0.25, -0.2) is 0 Å². The summed E-state index contributed by atoms with van der Waals surface area (Å²) in [6.45, 7) is 4.69. The molecule has 1 fully saturated rings. The largest absolute Gasteiger partial charge is 0.388 e. The lowest BCUT2D eigenvalue weighted by Crippen LogP contribution is -2.60. The first-order valence-electron chi connectivity index (χ1n) is 5.82. The molecule has 0 bridgehead atoms. The highest BCUT2D eigenvalue weighted by atomic mass is 32.2. The first kappa shape index (κ1) is 10.6. The lowest BCUT2D eigenvalue weighted by Gasteiger charge is -2.45. The summed E-state index contributed by atoms with van der Waals surface area (Å²) in [5, 5.41) is 10.4. The highest BCUT2D eigenvalue weighted by molar-refractivity contribution is 8.00. The normalized spacial score (nSPS) is 27.5. The minimum atomic E-state index is -0.434. The van der Waals surface area contributed by atoms with Gasteiger partial charge in [-0.3, -0.25) is 4.90 Å². The van der Waals surface area contributed by atoms with E-state index < -0.39 is 5.60 Å². The lowest BCUT2D eigenvalue weighted by atomic mass is 9.96. The number of aliphatic hydroxyl groups is 1. The van der Waals surface area contributed by atoms with Crippen molar-refractivity contribution in [3.8, 4) is 0 Å². The van der Waals surface area contributed by atoms with Crippen LogP contribution in [-0.4, -0.2) is 40.5 Å². The summed E-state index contributed by atoms with van der Waals surface area (Å²) in [6.07, 6.45) is 1.18. The Bertz CT molecular complexity index is 372. The molecule has 1 unspecified atom stereocenters. The molecular formula is C13H17NOS. The monoisotopic (exact) mass is 235 g/mol. The summed E-state index contributed by atoms with van der Waals surface area (Å²) in [5.41, 5.74) is 1.06. The van der Waals surface area contributed by atoms with Crippen LogP contribution in [0.3, 0.4) is 0 Å². The molecular weight excluding hydrogens is 218 g/mol. The number of benzene rings is 1. The molecule has 2 nitrogen and oxygen atoms in total. The number of rotatable bonds is 2. The Balaban J connectivity index is 1.57. The molecule has 0 spiro atoms. The number of fused-ring (bicyclic) bond motifs is 1. The van der Waals surface area contributed by atoms with Crippen molar-refractivity contribution in [2.24, 2.45) is 0 Å². The van der Waals surface area contributed by atoms with Crippen LogP contribution in [0.4, 0.5) is 0 Å². The van der Waals surface area contributed by atoms with Gasteiger partial charge in [0.15, 0.2) is 0 Å². The molecule has 2 heterocycles. The zero-order valence-corrected chi connectivity index (χ0v) is 10.3. The Labute approximate surface area is 101 Å². The molecule has 2 aliphatic rings. The number of hydrogen-bond donors (Lipinski definition) is 1. The van der Waals surface area contributed by atoms with E-state index in [2.05, 4.69) is 29.2 Å². The van der Waals surface area contributed by atoms with Gasteiger partial charge in [0.1, 0.15) is 0 Å². The number of likely N-dealkylation sites (tertiary alicyclic amines) is 1. The van der Waals surface area contributed by atoms with Crippen molar-refractivity contribution in [2.75, 3.05) is 19.6 Å². The third-order valence-corrected chi connectivity index (χ3v) is 4.61. The van der Waals surface area contributed by atoms with Crippen LogP contribution >= 0.6 is 11.8 Å². The Morgan fingerprint density at radius 1 is 1.44 bits per heavy atom. The van der Waals surface area contributed by atoms with Crippen LogP contribution in [0.1, 0.15) is 12.5 Å². The number of β-amino-alcohol motifs (C(OH)–C–C–N with tert-alkyl or cyclic N) is 1. The molecule has 3 rings (SSSR count). The third-order valence-electron chi connectivity index (χ3n) is 3.30. The van der Waals surface area contributed by atoms with E-state index >= 15 is 0 Å². The summed E-state index contributed by atoms with van der Waals surface area (Å²) in [7, 11) is 0. The number of hydrogen-bond acceptors (Lipinski definition) is 3. The van der Waals surface area contributed by atoms with Crippen molar-refractivity contribution in [2.45, 2.75) is 29.1 Å². The Morgan fingerprint density at radius 2 is 2.19 bits per heavy atom. The molecule has 1 atom stereocenters. The Hall–Kier alpha value is -0.510. The molecule has 0 saturated carbocycles. The fourth-order valence-electron chi connectivity index (χ4n) is 2.69. The molecule has 0 aromatic heterocycles. The van der Waals surface area contributed by atoms with E-state index in [-0.39, 0.29) is 0 Å². The van der Waals surface area contributed by atoms with E-state index in [4.69, 9.17) is 0 Å². The lowest BCUT2D eigenvalue weighted by molar-refractivity contribution is -0.0824. The van der Waals surface area contributed by atoms with Crippen molar-refractivity contribution in [1.29, 1.82) is 0 Å². The van der Waals surface area contributed by atoms with Gasteiger partial charge in [-0.2, -0.15) is 0 Å². The number of thioether (sulfide) groups is 1. The van der Waals surface area contributed by atoms with Gasteiger partial charge in [0.25, 0.3) is 0 Å². The first-order chi connectivity index (χ1) is 7.62. The quantitative estimate of drug-likeness (QED) is 0.845. The average molecular weight is 235 g/mol. The Kier molecular flexibility index (Phi) is 2.50. The third kappa shape index (κ3) is 1.99. The van der Waals surface area contributed by atoms with Crippen LogP contribution in [0.2, 0.25) is 0 Å². The summed E-state index contributed by atoms with van der Waals surface area (Å²) < 4.78 is 0. The predicted octanol–water partition coefficient (Wildman–Crippen LogP) is 1.77. The average Bonchev–Trinajstić information content (AvgIpc) is 2.56. The summed E-state index contributed by atoms with van der Waals surface area (Å²) in [6, 6.07) is 8.68. The van der Waals surface area contributed by atoms with Crippen molar-refractivity contribution < 1.29 is 5.11 Å². The van der Waals surface area contributed by atoms with Crippen LogP contribution in [0, 0.1) is 0 Å². The SMILES string of the molecule is CC1(O)CN(CC2Cc3ccccc3S2)C1. The molecule has 0 amide bonds. The van der Waals surface area contributed by atoms with Gasteiger partial charge >= 0.3 is 0 Å². The van der Waals surface area contributed by atoms with Gasteiger partial charge in [0.2, 0.25) is 0 Å². The second-order valence-corrected chi connectivity index (χ2v) is 6.56. The summed E-state index contributed by atoms with van der Waals surface area (Å²) in [5.74, 6) is 0. The minimum Gasteiger partial charge on any atom is -0.388 e. The molecule has 2 aliphatic heterocycles. The van der Waals surface area contributed by atoms with E-state index in [1.54, 1.807) is 0 Å². The molecule has 0 aliphatic carbocycles. The second kappa shape index (κ2) is 3.76. The molecule has 16 heavy (non-hydrogen) atoms. The van der Waals surface area contributed by atoms with Crippen LogP contribution < -0.4 is 0 Å². The van der Waals surface area contributed by atoms with Crippen LogP contribution in [-0.2, 0) is 6.42 Å². The summed E-state index contributed by atoms with van der Waals surface area (Å²) >= 11 is 1.99. The van der Waals surface area contributed by atoms with E-state index in [1.807, 2.05) is 18.7 Å². The van der Waals surface area contributed by atoms with E-state index in [9.17, 15) is 5.11 Å². The van der Waals surface area contributed by atoms with Crippen LogP contribution in [0.5, 0.6) is 0 Å². The maximum atomic E-state index is 9.68. The fourth-order valence-corrected chi connectivity index (χ4v) is 4.06. The molecule has 1 saturated heterocycles. The van der Waals surface area contributed by atoms with Crippen molar-refractivity contribution in [3.63, 3.8) is 0 Å². The smallest absolute Gasteiger partial charge is 0.0872 e. The van der Waals surface area contributed by atoms with Crippen molar-refractivity contribution >= 4 is 11.8 Å². The van der Waals surface area contributed by atoms with Gasteiger partial charge in [0, 0.05) is 29.8 Å². The highest BCUT2D eigenvalue weighted by Crippen LogP contribution is 2.37. The topological polar surface area (TPSA) is 23.5 Å². The fraction of sp³-hybridized carbons (Fsp3) is 0.538. The first-order valence-corrected chi connectivity index (χ1v) is 6.70. The standard InChI is InChI=1S/C13H17NOS/c1-13(15)8-14(9-13)7-11-6-10-4-2-3-5-12(10)16-11/h2-5,11,15H,6-9H2,1H3. The predicted molar refractivity (Wildman–Crippen MR) is 66.9 cm³/mol. The minimum absolute atomic E-state index is 0.434. The zero-order chi connectivity index (χ0) is 11.2. The number of nitrogens with zero attached hydrogens (tertiary/aromatic N) is 1. The van der Waals surface area contributed by atoms with Gasteiger partial charge in [-0.05, 0) is 25.0 Å². The van der Waals surface area contributed by atoms with E-state index in [0.717, 1.165) is 19.6 Å².